The number of rotatable bonds is 6. The molecule has 0 bridgehead atoms. The van der Waals surface area contributed by atoms with Crippen molar-refractivity contribution < 1.29 is 29.3 Å². The van der Waals surface area contributed by atoms with Crippen molar-refractivity contribution in [3.05, 3.63) is 132 Å². The largest absolute Gasteiger partial charge is 0.497 e. The first kappa shape index (κ1) is 30.5. The summed E-state index contributed by atoms with van der Waals surface area (Å²) in [6, 6.07) is 37.7. The molecule has 4 rings (SSSR count). The van der Waals surface area contributed by atoms with Gasteiger partial charge in [-0.15, -0.1) is 0 Å². The van der Waals surface area contributed by atoms with E-state index >= 15 is 0 Å². The van der Waals surface area contributed by atoms with E-state index in [1.165, 1.54) is 0 Å². The average Bonchev–Trinajstić information content (AvgIpc) is 2.95. The van der Waals surface area contributed by atoms with Gasteiger partial charge >= 0.3 is 11.9 Å². The summed E-state index contributed by atoms with van der Waals surface area (Å²) in [5.74, 6) is -0.154. The minimum atomic E-state index is -0.786. The molecular formula is C31H34O6. The molecule has 0 aliphatic heterocycles. The highest BCUT2D eigenvalue weighted by Gasteiger charge is 2.11. The predicted molar refractivity (Wildman–Crippen MR) is 146 cm³/mol. The fourth-order valence-electron chi connectivity index (χ4n) is 2.77. The first-order valence-electron chi connectivity index (χ1n) is 11.6. The lowest BCUT2D eigenvalue weighted by molar-refractivity contribution is -0.138. The Hall–Kier alpha value is -4.58. The number of benzene rings is 4. The van der Waals surface area contributed by atoms with Crippen molar-refractivity contribution >= 4 is 11.9 Å². The molecule has 1 atom stereocenters. The zero-order valence-corrected chi connectivity index (χ0v) is 21.4. The second kappa shape index (κ2) is 18.7. The third-order valence-electron chi connectivity index (χ3n) is 4.83. The van der Waals surface area contributed by atoms with Crippen LogP contribution in [0.4, 0.5) is 0 Å². The van der Waals surface area contributed by atoms with Gasteiger partial charge in [-0.1, -0.05) is 97.1 Å². The van der Waals surface area contributed by atoms with Gasteiger partial charge in [0, 0.05) is 0 Å². The van der Waals surface area contributed by atoms with Crippen LogP contribution in [0.1, 0.15) is 24.0 Å². The molecule has 0 aliphatic rings. The van der Waals surface area contributed by atoms with Crippen molar-refractivity contribution in [1.82, 2.24) is 0 Å². The van der Waals surface area contributed by atoms with Gasteiger partial charge in [-0.05, 0) is 42.3 Å². The van der Waals surface area contributed by atoms with E-state index in [9.17, 15) is 9.59 Å². The molecule has 1 unspecified atom stereocenters. The molecule has 6 nitrogen and oxygen atoms in total. The minimum absolute atomic E-state index is 0.112. The molecule has 6 heteroatoms. The van der Waals surface area contributed by atoms with E-state index in [0.717, 1.165) is 22.6 Å². The lowest BCUT2D eigenvalue weighted by Crippen LogP contribution is -2.06. The predicted octanol–water partition coefficient (Wildman–Crippen LogP) is 6.58. The van der Waals surface area contributed by atoms with Gasteiger partial charge in [0.1, 0.15) is 11.5 Å². The van der Waals surface area contributed by atoms with Crippen molar-refractivity contribution in [2.24, 2.45) is 0 Å². The zero-order chi connectivity index (χ0) is 27.3. The molecule has 0 heterocycles. The molecule has 4 aromatic carbocycles. The summed E-state index contributed by atoms with van der Waals surface area (Å²) >= 11 is 0. The van der Waals surface area contributed by atoms with Crippen molar-refractivity contribution in [2.45, 2.75) is 19.3 Å². The van der Waals surface area contributed by atoms with Gasteiger partial charge < -0.3 is 19.7 Å². The Morgan fingerprint density at radius 2 is 0.973 bits per heavy atom. The van der Waals surface area contributed by atoms with Gasteiger partial charge in [0.2, 0.25) is 0 Å². The SMILES string of the molecule is CC(C(=O)O)c1ccccc1.COc1ccccc1.COc1ccccc1.O=C(O)Cc1ccccc1. The van der Waals surface area contributed by atoms with Crippen molar-refractivity contribution in [1.29, 1.82) is 0 Å². The molecule has 2 N–H and O–H groups in total. The molecule has 0 fully saturated rings. The quantitative estimate of drug-likeness (QED) is 0.309. The van der Waals surface area contributed by atoms with Gasteiger partial charge in [0.15, 0.2) is 0 Å². The van der Waals surface area contributed by atoms with Gasteiger partial charge in [0.25, 0.3) is 0 Å². The monoisotopic (exact) mass is 502 g/mol. The van der Waals surface area contributed by atoms with E-state index < -0.39 is 17.9 Å². The smallest absolute Gasteiger partial charge is 0.310 e. The maximum atomic E-state index is 10.5. The Morgan fingerprint density at radius 1 is 0.622 bits per heavy atom. The highest BCUT2D eigenvalue weighted by molar-refractivity contribution is 5.75. The summed E-state index contributed by atoms with van der Waals surface area (Å²) in [5, 5.41) is 17.0. The van der Waals surface area contributed by atoms with Crippen LogP contribution in [0, 0.1) is 0 Å². The summed E-state index contributed by atoms with van der Waals surface area (Å²) in [7, 11) is 3.32. The van der Waals surface area contributed by atoms with Crippen LogP contribution in [0.2, 0.25) is 0 Å². The highest BCUT2D eigenvalue weighted by atomic mass is 16.5. The van der Waals surface area contributed by atoms with Crippen molar-refractivity contribution in [3.8, 4) is 11.5 Å². The topological polar surface area (TPSA) is 93.1 Å². The van der Waals surface area contributed by atoms with Crippen LogP contribution < -0.4 is 9.47 Å². The van der Waals surface area contributed by atoms with E-state index in [0.29, 0.717) is 0 Å². The maximum absolute atomic E-state index is 10.5. The van der Waals surface area contributed by atoms with E-state index in [2.05, 4.69) is 0 Å². The Bertz CT molecular complexity index is 1080. The van der Waals surface area contributed by atoms with Gasteiger partial charge in [-0.25, -0.2) is 0 Å². The number of hydrogen-bond donors (Lipinski definition) is 2. The van der Waals surface area contributed by atoms with Crippen molar-refractivity contribution in [2.75, 3.05) is 14.2 Å². The second-order valence-corrected chi connectivity index (χ2v) is 7.56. The summed E-state index contributed by atoms with van der Waals surface area (Å²) in [4.78, 5) is 20.7. The lowest BCUT2D eigenvalue weighted by atomic mass is 10.0. The number of hydrogen-bond acceptors (Lipinski definition) is 4. The molecule has 37 heavy (non-hydrogen) atoms. The molecule has 0 spiro atoms. The Kier molecular flexibility index (Phi) is 15.4. The Balaban J connectivity index is 0.000000249. The Labute approximate surface area is 218 Å². The van der Waals surface area contributed by atoms with E-state index in [1.807, 2.05) is 109 Å². The Morgan fingerprint density at radius 3 is 1.27 bits per heavy atom. The van der Waals surface area contributed by atoms with Crippen LogP contribution >= 0.6 is 0 Å². The molecule has 194 valence electrons. The summed E-state index contributed by atoms with van der Waals surface area (Å²) < 4.78 is 9.83. The number of para-hydroxylation sites is 2. The fourth-order valence-corrected chi connectivity index (χ4v) is 2.77. The normalized spacial score (nSPS) is 9.92. The molecule has 0 saturated heterocycles. The standard InChI is InChI=1S/C9H10O2.C8H8O2.2C7H8O/c1-7(9(10)11)8-5-3-2-4-6-8;9-8(10)6-7-4-2-1-3-5-7;2*1-8-7-5-3-2-4-6-7/h2-7H,1H3,(H,10,11);1-5H,6H2,(H,9,10);2*2-6H,1H3. The molecule has 0 amide bonds. The van der Waals surface area contributed by atoms with Crippen LogP contribution in [0.5, 0.6) is 11.5 Å². The summed E-state index contributed by atoms with van der Waals surface area (Å²) in [6.07, 6.45) is 0.112. The third kappa shape index (κ3) is 14.4. The number of ether oxygens (including phenoxy) is 2. The van der Waals surface area contributed by atoms with Crippen molar-refractivity contribution in [3.63, 3.8) is 0 Å². The molecule has 0 aromatic heterocycles. The van der Waals surface area contributed by atoms with Crippen LogP contribution in [-0.2, 0) is 16.0 Å². The summed E-state index contributed by atoms with van der Waals surface area (Å²) in [5.41, 5.74) is 1.69. The van der Waals surface area contributed by atoms with Gasteiger partial charge in [-0.2, -0.15) is 0 Å². The first-order chi connectivity index (χ1) is 17.9. The number of carbonyl (C=O) groups is 2. The van der Waals surface area contributed by atoms with E-state index in [1.54, 1.807) is 33.3 Å². The number of carboxylic acids is 2. The van der Waals surface area contributed by atoms with E-state index in [4.69, 9.17) is 19.7 Å². The van der Waals surface area contributed by atoms with Crippen LogP contribution in [0.15, 0.2) is 121 Å². The molecule has 0 aliphatic carbocycles. The average molecular weight is 503 g/mol. The molecule has 0 saturated carbocycles. The van der Waals surface area contributed by atoms with E-state index in [-0.39, 0.29) is 6.42 Å². The minimum Gasteiger partial charge on any atom is -0.497 e. The number of carboxylic acid groups (broad SMARTS) is 2. The molecule has 4 aromatic rings. The second-order valence-electron chi connectivity index (χ2n) is 7.56. The summed E-state index contributed by atoms with van der Waals surface area (Å²) in [6.45, 7) is 1.68. The molecule has 0 radical (unpaired) electrons. The lowest BCUT2D eigenvalue weighted by Gasteiger charge is -2.04. The zero-order valence-electron chi connectivity index (χ0n) is 21.4. The first-order valence-corrected chi connectivity index (χ1v) is 11.6. The van der Waals surface area contributed by atoms with Gasteiger partial charge in [0.05, 0.1) is 26.6 Å². The number of aliphatic carboxylic acids is 2. The van der Waals surface area contributed by atoms with Crippen LogP contribution in [0.3, 0.4) is 0 Å². The van der Waals surface area contributed by atoms with Crippen LogP contribution in [0.25, 0.3) is 0 Å². The molecular weight excluding hydrogens is 468 g/mol. The third-order valence-corrected chi connectivity index (χ3v) is 4.83. The fraction of sp³-hybridized carbons (Fsp3) is 0.161. The number of methoxy groups -OCH3 is 2. The van der Waals surface area contributed by atoms with Gasteiger partial charge in [-0.3, -0.25) is 9.59 Å². The van der Waals surface area contributed by atoms with Crippen LogP contribution in [-0.4, -0.2) is 36.4 Å². The highest BCUT2D eigenvalue weighted by Crippen LogP contribution is 2.13. The maximum Gasteiger partial charge on any atom is 0.310 e.